The quantitative estimate of drug-likeness (QED) is 0.656. The molecule has 1 aliphatic rings. The topological polar surface area (TPSA) is 75.5 Å². The average Bonchev–Trinajstić information content (AvgIpc) is 3.25. The lowest BCUT2D eigenvalue weighted by atomic mass is 10.3. The summed E-state index contributed by atoms with van der Waals surface area (Å²) < 4.78 is 41.4. The lowest BCUT2D eigenvalue weighted by Crippen LogP contribution is -2.50. The molecule has 1 saturated heterocycles. The number of piperazine rings is 1. The minimum atomic E-state index is -3.57. The van der Waals surface area contributed by atoms with E-state index in [4.69, 9.17) is 0 Å². The maximum Gasteiger partial charge on any atom is 0.274 e. The van der Waals surface area contributed by atoms with Gasteiger partial charge < -0.3 is 4.90 Å². The van der Waals surface area contributed by atoms with E-state index in [0.717, 1.165) is 0 Å². The summed E-state index contributed by atoms with van der Waals surface area (Å²) in [7, 11) is -3.57. The molecule has 0 spiro atoms. The van der Waals surface area contributed by atoms with Gasteiger partial charge in [0, 0.05) is 32.4 Å². The third-order valence-electron chi connectivity index (χ3n) is 4.81. The van der Waals surface area contributed by atoms with Crippen LogP contribution >= 0.6 is 0 Å². The Bertz CT molecular complexity index is 1110. The van der Waals surface area contributed by atoms with E-state index in [1.807, 2.05) is 0 Å². The van der Waals surface area contributed by atoms with Crippen molar-refractivity contribution in [1.29, 1.82) is 0 Å². The number of rotatable bonds is 4. The van der Waals surface area contributed by atoms with Crippen molar-refractivity contribution in [2.75, 3.05) is 26.2 Å². The zero-order chi connectivity index (χ0) is 20.4. The Balaban J connectivity index is 1.43. The van der Waals surface area contributed by atoms with Crippen LogP contribution in [0.4, 0.5) is 4.39 Å². The van der Waals surface area contributed by atoms with Gasteiger partial charge in [0.05, 0.1) is 10.6 Å². The van der Waals surface area contributed by atoms with Crippen LogP contribution in [0.3, 0.4) is 0 Å². The van der Waals surface area contributed by atoms with Crippen molar-refractivity contribution in [3.8, 4) is 5.69 Å². The number of benzene rings is 2. The molecule has 0 radical (unpaired) electrons. The molecule has 2 heterocycles. The van der Waals surface area contributed by atoms with E-state index < -0.39 is 10.0 Å². The predicted molar refractivity (Wildman–Crippen MR) is 105 cm³/mol. The molecule has 0 saturated carbocycles. The molecule has 7 nitrogen and oxygen atoms in total. The molecule has 0 bridgehead atoms. The van der Waals surface area contributed by atoms with E-state index in [1.54, 1.807) is 59.6 Å². The van der Waals surface area contributed by atoms with Crippen LogP contribution in [-0.2, 0) is 10.0 Å². The molecule has 0 N–H and O–H groups in total. The molecule has 1 amide bonds. The van der Waals surface area contributed by atoms with Crippen molar-refractivity contribution in [1.82, 2.24) is 19.0 Å². The van der Waals surface area contributed by atoms with Crippen LogP contribution < -0.4 is 0 Å². The first-order chi connectivity index (χ1) is 13.9. The monoisotopic (exact) mass is 414 g/mol. The molecule has 0 unspecified atom stereocenters. The van der Waals surface area contributed by atoms with Crippen molar-refractivity contribution in [3.05, 3.63) is 78.4 Å². The minimum absolute atomic E-state index is 0.224. The van der Waals surface area contributed by atoms with Crippen LogP contribution in [0.15, 0.2) is 71.8 Å². The molecule has 9 heteroatoms. The fourth-order valence-corrected chi connectivity index (χ4v) is 4.65. The summed E-state index contributed by atoms with van der Waals surface area (Å²) in [6.07, 6.45) is 1.64. The number of amides is 1. The SMILES string of the molecule is O=C(c1ccn(-c2ccc(F)cc2)n1)N1CCN(S(=O)(=O)c2ccccc2)CC1. The summed E-state index contributed by atoms with van der Waals surface area (Å²) in [6, 6.07) is 15.7. The van der Waals surface area contributed by atoms with E-state index in [-0.39, 0.29) is 48.5 Å². The van der Waals surface area contributed by atoms with Gasteiger partial charge in [-0.15, -0.1) is 0 Å². The van der Waals surface area contributed by atoms with Gasteiger partial charge in [0.25, 0.3) is 5.91 Å². The molecule has 0 atom stereocenters. The van der Waals surface area contributed by atoms with Crippen molar-refractivity contribution in [3.63, 3.8) is 0 Å². The summed E-state index contributed by atoms with van der Waals surface area (Å²) in [6.45, 7) is 1.02. The van der Waals surface area contributed by atoms with Crippen molar-refractivity contribution < 1.29 is 17.6 Å². The molecule has 0 aliphatic carbocycles. The first kappa shape index (κ1) is 19.3. The molecule has 1 aromatic heterocycles. The maximum absolute atomic E-state index is 13.1. The normalized spacial score (nSPS) is 15.4. The Labute approximate surface area is 168 Å². The van der Waals surface area contributed by atoms with Crippen LogP contribution in [0.1, 0.15) is 10.5 Å². The lowest BCUT2D eigenvalue weighted by Gasteiger charge is -2.33. The number of carbonyl (C=O) groups excluding carboxylic acids is 1. The molecular weight excluding hydrogens is 395 g/mol. The predicted octanol–water partition coefficient (Wildman–Crippen LogP) is 2.16. The summed E-state index contributed by atoms with van der Waals surface area (Å²) in [5.74, 6) is -0.608. The third kappa shape index (κ3) is 3.92. The van der Waals surface area contributed by atoms with Gasteiger partial charge in [-0.05, 0) is 42.5 Å². The smallest absolute Gasteiger partial charge is 0.274 e. The Hall–Kier alpha value is -3.04. The first-order valence-corrected chi connectivity index (χ1v) is 10.6. The Morgan fingerprint density at radius 1 is 0.897 bits per heavy atom. The van der Waals surface area contributed by atoms with Crippen LogP contribution in [0.5, 0.6) is 0 Å². The third-order valence-corrected chi connectivity index (χ3v) is 6.72. The highest BCUT2D eigenvalue weighted by Crippen LogP contribution is 2.18. The van der Waals surface area contributed by atoms with Crippen molar-refractivity contribution in [2.24, 2.45) is 0 Å². The van der Waals surface area contributed by atoms with Gasteiger partial charge in [-0.1, -0.05) is 18.2 Å². The van der Waals surface area contributed by atoms with Gasteiger partial charge in [0.15, 0.2) is 5.69 Å². The van der Waals surface area contributed by atoms with Crippen LogP contribution in [0.2, 0.25) is 0 Å². The molecule has 4 rings (SSSR count). The second kappa shape index (κ2) is 7.76. The zero-order valence-corrected chi connectivity index (χ0v) is 16.3. The van der Waals surface area contributed by atoms with Gasteiger partial charge in [-0.25, -0.2) is 17.5 Å². The van der Waals surface area contributed by atoms with E-state index in [2.05, 4.69) is 5.10 Å². The number of hydrogen-bond donors (Lipinski definition) is 0. The van der Waals surface area contributed by atoms with Crippen LogP contribution in [0.25, 0.3) is 5.69 Å². The fraction of sp³-hybridized carbons (Fsp3) is 0.200. The Morgan fingerprint density at radius 2 is 1.55 bits per heavy atom. The van der Waals surface area contributed by atoms with E-state index in [1.165, 1.54) is 21.1 Å². The number of halogens is 1. The first-order valence-electron chi connectivity index (χ1n) is 9.11. The molecule has 1 aliphatic heterocycles. The highest BCUT2D eigenvalue weighted by molar-refractivity contribution is 7.89. The molecule has 2 aromatic carbocycles. The summed E-state index contributed by atoms with van der Waals surface area (Å²) in [5.41, 5.74) is 0.901. The molecular formula is C20H19FN4O3S. The maximum atomic E-state index is 13.1. The number of aromatic nitrogens is 2. The Morgan fingerprint density at radius 3 is 2.21 bits per heavy atom. The molecule has 1 fully saturated rings. The minimum Gasteiger partial charge on any atom is -0.335 e. The number of sulfonamides is 1. The van der Waals surface area contributed by atoms with Gasteiger partial charge in [-0.2, -0.15) is 9.40 Å². The van der Waals surface area contributed by atoms with Gasteiger partial charge >= 0.3 is 0 Å². The van der Waals surface area contributed by atoms with Gasteiger partial charge in [-0.3, -0.25) is 4.79 Å². The lowest BCUT2D eigenvalue weighted by molar-refractivity contribution is 0.0691. The summed E-state index contributed by atoms with van der Waals surface area (Å²) in [5, 5.41) is 4.27. The van der Waals surface area contributed by atoms with E-state index in [0.29, 0.717) is 5.69 Å². The number of carbonyl (C=O) groups is 1. The molecule has 150 valence electrons. The summed E-state index contributed by atoms with van der Waals surface area (Å²) in [4.78, 5) is 14.6. The Kier molecular flexibility index (Phi) is 5.16. The molecule has 3 aromatic rings. The standard InChI is InChI=1S/C20H19FN4O3S/c21-16-6-8-17(9-7-16)25-11-10-19(22-25)20(26)23-12-14-24(15-13-23)29(27,28)18-4-2-1-3-5-18/h1-11H,12-15H2. The highest BCUT2D eigenvalue weighted by Gasteiger charge is 2.30. The zero-order valence-electron chi connectivity index (χ0n) is 15.5. The second-order valence-electron chi connectivity index (χ2n) is 6.63. The number of hydrogen-bond acceptors (Lipinski definition) is 4. The van der Waals surface area contributed by atoms with E-state index >= 15 is 0 Å². The second-order valence-corrected chi connectivity index (χ2v) is 8.57. The van der Waals surface area contributed by atoms with Crippen molar-refractivity contribution >= 4 is 15.9 Å². The average molecular weight is 414 g/mol. The van der Waals surface area contributed by atoms with E-state index in [9.17, 15) is 17.6 Å². The van der Waals surface area contributed by atoms with Crippen molar-refractivity contribution in [2.45, 2.75) is 4.90 Å². The fourth-order valence-electron chi connectivity index (χ4n) is 3.21. The van der Waals surface area contributed by atoms with Gasteiger partial charge in [0.1, 0.15) is 5.82 Å². The summed E-state index contributed by atoms with van der Waals surface area (Å²) >= 11 is 0. The molecule has 29 heavy (non-hydrogen) atoms. The van der Waals surface area contributed by atoms with Crippen LogP contribution in [0, 0.1) is 5.82 Å². The van der Waals surface area contributed by atoms with Crippen LogP contribution in [-0.4, -0.2) is 59.5 Å². The highest BCUT2D eigenvalue weighted by atomic mass is 32.2. The van der Waals surface area contributed by atoms with Gasteiger partial charge in [0.2, 0.25) is 10.0 Å². The number of nitrogens with zero attached hydrogens (tertiary/aromatic N) is 4. The largest absolute Gasteiger partial charge is 0.335 e.